The maximum Gasteiger partial charge on any atom is 0.414 e. The van der Waals surface area contributed by atoms with Crippen LogP contribution in [-0.2, 0) is 16.0 Å². The van der Waals surface area contributed by atoms with Gasteiger partial charge in [0.05, 0.1) is 4.08 Å². The average molecular weight is 466 g/mol. The maximum absolute atomic E-state index is 9.10. The molecule has 2 saturated heterocycles. The third kappa shape index (κ3) is 8.03. The Morgan fingerprint density at radius 2 is 1.58 bits per heavy atom. The van der Waals surface area contributed by atoms with Crippen molar-refractivity contribution in [1.29, 1.82) is 0 Å². The molecule has 3 aliphatic rings. The van der Waals surface area contributed by atoms with Crippen LogP contribution in [0.2, 0.25) is 0 Å². The third-order valence-corrected chi connectivity index (χ3v) is 10.3. The minimum Gasteiger partial charge on any atom is -0.473 e. The van der Waals surface area contributed by atoms with Gasteiger partial charge in [0.15, 0.2) is 0 Å². The molecule has 3 fully saturated rings. The summed E-state index contributed by atoms with van der Waals surface area (Å²) in [6, 6.07) is 11.1. The number of carboxylic acids is 2. The number of rotatable bonds is 4. The molecule has 4 rings (SSSR count). The summed E-state index contributed by atoms with van der Waals surface area (Å²) in [5, 5.41) is 15.7. The van der Waals surface area contributed by atoms with Gasteiger partial charge in [-0.15, -0.1) is 23.5 Å². The summed E-state index contributed by atoms with van der Waals surface area (Å²) in [4.78, 5) is 21.0. The number of thioether (sulfide) groups is 2. The molecule has 2 N–H and O–H groups in total. The molecular weight excluding hydrogens is 430 g/mol. The predicted octanol–water partition coefficient (Wildman–Crippen LogP) is 5.00. The molecule has 0 aromatic heterocycles. The second kappa shape index (κ2) is 12.2. The highest BCUT2D eigenvalue weighted by Gasteiger charge is 2.41. The molecule has 1 spiro atoms. The van der Waals surface area contributed by atoms with Crippen molar-refractivity contribution in [2.45, 2.75) is 67.1 Å². The molecule has 1 aromatic carbocycles. The second-order valence-corrected chi connectivity index (χ2v) is 12.3. The van der Waals surface area contributed by atoms with Gasteiger partial charge in [-0.05, 0) is 56.7 Å². The van der Waals surface area contributed by atoms with Gasteiger partial charge in [0, 0.05) is 17.5 Å². The van der Waals surface area contributed by atoms with E-state index in [9.17, 15) is 0 Å². The molecule has 1 unspecified atom stereocenters. The molecular formula is C24H35NO4S2. The lowest BCUT2D eigenvalue weighted by Crippen LogP contribution is -2.38. The molecule has 2 heterocycles. The highest BCUT2D eigenvalue weighted by atomic mass is 32.2. The molecule has 0 radical (unpaired) electrons. The number of likely N-dealkylation sites (tertiary alicyclic amines) is 1. The molecule has 0 amide bonds. The summed E-state index contributed by atoms with van der Waals surface area (Å²) in [6.45, 7) is 4.00. The van der Waals surface area contributed by atoms with E-state index >= 15 is 0 Å². The first-order valence-corrected chi connectivity index (χ1v) is 13.4. The predicted molar refractivity (Wildman–Crippen MR) is 129 cm³/mol. The molecule has 31 heavy (non-hydrogen) atoms. The quantitative estimate of drug-likeness (QED) is 0.606. The fourth-order valence-electron chi connectivity index (χ4n) is 4.84. The summed E-state index contributed by atoms with van der Waals surface area (Å²) in [6.07, 6.45) is 12.9. The summed E-state index contributed by atoms with van der Waals surface area (Å²) in [5.74, 6) is -1.35. The molecule has 1 atom stereocenters. The lowest BCUT2D eigenvalue weighted by atomic mass is 9.90. The summed E-state index contributed by atoms with van der Waals surface area (Å²) >= 11 is 4.68. The SMILES string of the molecule is O=C(O)C(=O)O.c1ccc(CC2CCN(CC3CSC4(CCCCCC4)S3)CC2)cc1. The Hall–Kier alpha value is -1.18. The number of aliphatic carboxylic acids is 2. The van der Waals surface area contributed by atoms with E-state index in [1.165, 1.54) is 88.7 Å². The highest BCUT2D eigenvalue weighted by Crippen LogP contribution is 2.55. The minimum atomic E-state index is -1.82. The molecule has 0 bridgehead atoms. The summed E-state index contributed by atoms with van der Waals surface area (Å²) < 4.78 is 0.604. The smallest absolute Gasteiger partial charge is 0.414 e. The summed E-state index contributed by atoms with van der Waals surface area (Å²) in [5.41, 5.74) is 1.53. The number of benzene rings is 1. The first-order chi connectivity index (χ1) is 15.0. The van der Waals surface area contributed by atoms with Gasteiger partial charge in [0.1, 0.15) is 0 Å². The Morgan fingerprint density at radius 3 is 2.16 bits per heavy atom. The van der Waals surface area contributed by atoms with Crippen LogP contribution < -0.4 is 0 Å². The fraction of sp³-hybridized carbons (Fsp3) is 0.667. The van der Waals surface area contributed by atoms with Gasteiger partial charge < -0.3 is 15.1 Å². The Balaban J connectivity index is 0.000000401. The van der Waals surface area contributed by atoms with Crippen LogP contribution in [0.4, 0.5) is 0 Å². The monoisotopic (exact) mass is 465 g/mol. The van der Waals surface area contributed by atoms with E-state index in [0.29, 0.717) is 4.08 Å². The first-order valence-electron chi connectivity index (χ1n) is 11.5. The van der Waals surface area contributed by atoms with Crippen LogP contribution in [0.5, 0.6) is 0 Å². The standard InChI is InChI=1S/C22H33NS2.C2H2O4/c1-2-7-13-22(12-6-1)24-18-21(25-22)17-23-14-10-20(11-15-23)16-19-8-4-3-5-9-19;3-1(4)2(5)6/h3-5,8-9,20-21H,1-2,6-7,10-18H2;(H,3,4)(H,5,6). The van der Waals surface area contributed by atoms with E-state index in [4.69, 9.17) is 19.8 Å². The van der Waals surface area contributed by atoms with Crippen LogP contribution in [-0.4, -0.2) is 61.8 Å². The molecule has 2 aliphatic heterocycles. The molecule has 172 valence electrons. The number of hydrogen-bond acceptors (Lipinski definition) is 5. The van der Waals surface area contributed by atoms with Crippen LogP contribution >= 0.6 is 23.5 Å². The van der Waals surface area contributed by atoms with Crippen LogP contribution in [0.25, 0.3) is 0 Å². The number of nitrogens with zero attached hydrogens (tertiary/aromatic N) is 1. The molecule has 5 nitrogen and oxygen atoms in total. The van der Waals surface area contributed by atoms with E-state index in [2.05, 4.69) is 58.8 Å². The van der Waals surface area contributed by atoms with Crippen LogP contribution in [0.15, 0.2) is 30.3 Å². The van der Waals surface area contributed by atoms with Crippen molar-refractivity contribution in [3.8, 4) is 0 Å². The van der Waals surface area contributed by atoms with Crippen LogP contribution in [0.1, 0.15) is 56.9 Å². The van der Waals surface area contributed by atoms with Gasteiger partial charge in [0.25, 0.3) is 0 Å². The average Bonchev–Trinajstić information content (AvgIpc) is 3.00. The zero-order valence-corrected chi connectivity index (χ0v) is 19.8. The Bertz CT molecular complexity index is 687. The van der Waals surface area contributed by atoms with E-state index in [1.807, 2.05) is 0 Å². The number of piperidine rings is 1. The van der Waals surface area contributed by atoms with Crippen molar-refractivity contribution in [3.05, 3.63) is 35.9 Å². The summed E-state index contributed by atoms with van der Waals surface area (Å²) in [7, 11) is 0. The Labute approximate surface area is 194 Å². The minimum absolute atomic E-state index is 0.604. The van der Waals surface area contributed by atoms with Crippen molar-refractivity contribution < 1.29 is 19.8 Å². The van der Waals surface area contributed by atoms with Crippen LogP contribution in [0.3, 0.4) is 0 Å². The highest BCUT2D eigenvalue weighted by molar-refractivity contribution is 8.21. The van der Waals surface area contributed by atoms with Crippen molar-refractivity contribution in [2.24, 2.45) is 5.92 Å². The van der Waals surface area contributed by atoms with E-state index in [-0.39, 0.29) is 0 Å². The zero-order valence-electron chi connectivity index (χ0n) is 18.2. The lowest BCUT2D eigenvalue weighted by molar-refractivity contribution is -0.159. The fourth-order valence-corrected chi connectivity index (χ4v) is 8.79. The Kier molecular flexibility index (Phi) is 9.60. The largest absolute Gasteiger partial charge is 0.473 e. The van der Waals surface area contributed by atoms with Gasteiger partial charge in [-0.3, -0.25) is 0 Å². The number of carboxylic acid groups (broad SMARTS) is 2. The lowest BCUT2D eigenvalue weighted by Gasteiger charge is -2.34. The number of hydrogen-bond donors (Lipinski definition) is 2. The van der Waals surface area contributed by atoms with E-state index < -0.39 is 11.9 Å². The van der Waals surface area contributed by atoms with E-state index in [1.54, 1.807) is 0 Å². The van der Waals surface area contributed by atoms with Gasteiger partial charge in [-0.25, -0.2) is 9.59 Å². The van der Waals surface area contributed by atoms with Crippen molar-refractivity contribution in [2.75, 3.05) is 25.4 Å². The van der Waals surface area contributed by atoms with E-state index in [0.717, 1.165) is 11.2 Å². The second-order valence-electron chi connectivity index (χ2n) is 8.92. The first kappa shape index (κ1) is 24.5. The zero-order chi connectivity index (χ0) is 22.1. The third-order valence-electron chi connectivity index (χ3n) is 6.50. The van der Waals surface area contributed by atoms with Crippen LogP contribution in [0, 0.1) is 5.92 Å². The van der Waals surface area contributed by atoms with Crippen molar-refractivity contribution in [1.82, 2.24) is 4.90 Å². The normalized spacial score (nSPS) is 24.2. The maximum atomic E-state index is 9.10. The van der Waals surface area contributed by atoms with Gasteiger partial charge in [0.2, 0.25) is 0 Å². The van der Waals surface area contributed by atoms with Gasteiger partial charge in [-0.1, -0.05) is 56.0 Å². The molecule has 7 heteroatoms. The molecule has 1 saturated carbocycles. The number of carbonyl (C=O) groups is 2. The van der Waals surface area contributed by atoms with Gasteiger partial charge >= 0.3 is 11.9 Å². The van der Waals surface area contributed by atoms with Crippen molar-refractivity contribution >= 4 is 35.5 Å². The topological polar surface area (TPSA) is 77.8 Å². The van der Waals surface area contributed by atoms with Crippen molar-refractivity contribution in [3.63, 3.8) is 0 Å². The van der Waals surface area contributed by atoms with Gasteiger partial charge in [-0.2, -0.15) is 0 Å². The molecule has 1 aliphatic carbocycles. The Morgan fingerprint density at radius 1 is 0.968 bits per heavy atom. The molecule has 1 aromatic rings.